The van der Waals surface area contributed by atoms with Gasteiger partial charge in [-0.25, -0.2) is 0 Å². The van der Waals surface area contributed by atoms with Gasteiger partial charge >= 0.3 is 0 Å². The molecule has 2 rings (SSSR count). The number of aryl methyl sites for hydroxylation is 1. The Bertz CT molecular complexity index is 879. The molecule has 0 spiro atoms. The second-order valence-corrected chi connectivity index (χ2v) is 8.71. The Hall–Kier alpha value is -1.48. The van der Waals surface area contributed by atoms with E-state index in [1.807, 2.05) is 0 Å². The van der Waals surface area contributed by atoms with Crippen molar-refractivity contribution in [1.82, 2.24) is 0 Å². The Labute approximate surface area is 136 Å². The molecular weight excluding hydrogens is 340 g/mol. The molecule has 6 nitrogen and oxygen atoms in total. The normalized spacial score (nSPS) is 22.5. The molecule has 2 unspecified atom stereocenters. The molecular formula is C15H18O6S2. The zero-order chi connectivity index (χ0) is 17.4. The van der Waals surface area contributed by atoms with E-state index in [-0.39, 0.29) is 11.3 Å². The van der Waals surface area contributed by atoms with Crippen LogP contribution in [0.3, 0.4) is 0 Å². The molecule has 1 aliphatic carbocycles. The summed E-state index contributed by atoms with van der Waals surface area (Å²) in [7, 11) is -8.75. The molecule has 8 heteroatoms. The van der Waals surface area contributed by atoms with Crippen molar-refractivity contribution in [1.29, 1.82) is 0 Å². The van der Waals surface area contributed by atoms with Gasteiger partial charge in [0.25, 0.3) is 20.2 Å². The second kappa shape index (κ2) is 6.20. The van der Waals surface area contributed by atoms with Gasteiger partial charge in [0.2, 0.25) is 0 Å². The van der Waals surface area contributed by atoms with Crippen molar-refractivity contribution in [3.05, 3.63) is 53.1 Å². The largest absolute Gasteiger partial charge is 0.294 e. The van der Waals surface area contributed by atoms with Gasteiger partial charge in [-0.2, -0.15) is 16.8 Å². The maximum Gasteiger partial charge on any atom is 0.294 e. The van der Waals surface area contributed by atoms with E-state index >= 15 is 0 Å². The number of rotatable bonds is 3. The van der Waals surface area contributed by atoms with Crippen LogP contribution in [0.25, 0.3) is 0 Å². The lowest BCUT2D eigenvalue weighted by Gasteiger charge is -2.18. The molecule has 0 fully saturated rings. The molecule has 0 radical (unpaired) electrons. The molecule has 0 aromatic heterocycles. The molecule has 0 amide bonds. The van der Waals surface area contributed by atoms with Gasteiger partial charge in [0.05, 0.1) is 4.90 Å². The summed E-state index contributed by atoms with van der Waals surface area (Å²) >= 11 is 0. The first-order chi connectivity index (χ1) is 10.5. The Morgan fingerprint density at radius 2 is 1.74 bits per heavy atom. The van der Waals surface area contributed by atoms with E-state index in [1.165, 1.54) is 12.1 Å². The Morgan fingerprint density at radius 1 is 1.09 bits per heavy atom. The van der Waals surface area contributed by atoms with E-state index in [0.717, 1.165) is 0 Å². The molecule has 2 atom stereocenters. The molecule has 0 saturated heterocycles. The lowest BCUT2D eigenvalue weighted by molar-refractivity contribution is 0.469. The van der Waals surface area contributed by atoms with Crippen molar-refractivity contribution in [2.24, 2.45) is 0 Å². The highest BCUT2D eigenvalue weighted by Crippen LogP contribution is 2.33. The molecule has 1 aliphatic rings. The van der Waals surface area contributed by atoms with Crippen molar-refractivity contribution in [2.45, 2.75) is 36.3 Å². The summed E-state index contributed by atoms with van der Waals surface area (Å²) < 4.78 is 65.1. The first-order valence-corrected chi connectivity index (χ1v) is 9.84. The Kier molecular flexibility index (Phi) is 4.81. The lowest BCUT2D eigenvalue weighted by Crippen LogP contribution is -2.21. The summed E-state index contributed by atoms with van der Waals surface area (Å²) in [5.41, 5.74) is 1.60. The van der Waals surface area contributed by atoms with Crippen LogP contribution < -0.4 is 0 Å². The van der Waals surface area contributed by atoms with Gasteiger partial charge in [0, 0.05) is 5.92 Å². The van der Waals surface area contributed by atoms with Crippen molar-refractivity contribution in [3.63, 3.8) is 0 Å². The molecule has 23 heavy (non-hydrogen) atoms. The molecule has 1 aromatic carbocycles. The number of hydrogen-bond acceptors (Lipinski definition) is 4. The van der Waals surface area contributed by atoms with E-state index in [1.54, 1.807) is 38.1 Å². The highest BCUT2D eigenvalue weighted by atomic mass is 32.2. The summed E-state index contributed by atoms with van der Waals surface area (Å²) in [6.45, 7) is 3.38. The quantitative estimate of drug-likeness (QED) is 0.804. The van der Waals surface area contributed by atoms with Crippen molar-refractivity contribution >= 4 is 20.2 Å². The lowest BCUT2D eigenvalue weighted by atomic mass is 9.93. The molecule has 0 heterocycles. The molecule has 126 valence electrons. The molecule has 0 bridgehead atoms. The zero-order valence-electron chi connectivity index (χ0n) is 12.7. The average Bonchev–Trinajstić information content (AvgIpc) is 2.59. The Balaban J connectivity index is 2.57. The van der Waals surface area contributed by atoms with Gasteiger partial charge in [-0.1, -0.05) is 35.9 Å². The van der Waals surface area contributed by atoms with Crippen LogP contribution in [0, 0.1) is 6.92 Å². The summed E-state index contributed by atoms with van der Waals surface area (Å²) in [4.78, 5) is -0.249. The highest BCUT2D eigenvalue weighted by molar-refractivity contribution is 7.86. The fourth-order valence-electron chi connectivity index (χ4n) is 2.62. The minimum atomic E-state index is -4.45. The molecule has 0 saturated carbocycles. The molecule has 0 aliphatic heterocycles. The van der Waals surface area contributed by atoms with Gasteiger partial charge in [-0.3, -0.25) is 9.11 Å². The minimum absolute atomic E-state index is 0.0156. The van der Waals surface area contributed by atoms with E-state index in [2.05, 4.69) is 0 Å². The summed E-state index contributed by atoms with van der Waals surface area (Å²) in [6, 6.07) is 4.58. The van der Waals surface area contributed by atoms with E-state index < -0.39 is 31.4 Å². The van der Waals surface area contributed by atoms with Crippen LogP contribution >= 0.6 is 0 Å². The summed E-state index contributed by atoms with van der Waals surface area (Å²) in [5, 5.41) is -1.14. The second-order valence-electron chi connectivity index (χ2n) is 5.68. The van der Waals surface area contributed by atoms with Crippen molar-refractivity contribution in [2.75, 3.05) is 0 Å². The van der Waals surface area contributed by atoms with Crippen LogP contribution in [0.15, 0.2) is 46.9 Å². The topological polar surface area (TPSA) is 109 Å². The summed E-state index contributed by atoms with van der Waals surface area (Å²) in [5.74, 6) is -0.576. The number of benzene rings is 1. The zero-order valence-corrected chi connectivity index (χ0v) is 14.3. The van der Waals surface area contributed by atoms with E-state index in [4.69, 9.17) is 0 Å². The van der Waals surface area contributed by atoms with Crippen LogP contribution in [0.5, 0.6) is 0 Å². The fraction of sp³-hybridized carbons (Fsp3) is 0.333. The predicted molar refractivity (Wildman–Crippen MR) is 86.6 cm³/mol. The van der Waals surface area contributed by atoms with E-state index in [0.29, 0.717) is 16.7 Å². The van der Waals surface area contributed by atoms with Gasteiger partial charge < -0.3 is 0 Å². The van der Waals surface area contributed by atoms with Crippen LogP contribution in [-0.4, -0.2) is 31.2 Å². The standard InChI is InChI=1S/C15H18O6S2/c1-10-3-5-12(9-13(7-10)22(16,17)18)14-6-4-11(2)8-15(14)23(19,20)21/h3-8,12-13H,9H2,1-2H3,(H,16,17,18)(H,19,20,21). The predicted octanol–water partition coefficient (Wildman–Crippen LogP) is 2.49. The number of hydrogen-bond donors (Lipinski definition) is 2. The van der Waals surface area contributed by atoms with Crippen LogP contribution in [-0.2, 0) is 20.2 Å². The average molecular weight is 358 g/mol. The van der Waals surface area contributed by atoms with Crippen LogP contribution in [0.4, 0.5) is 0 Å². The highest BCUT2D eigenvalue weighted by Gasteiger charge is 2.29. The molecule has 1 aromatic rings. The third kappa shape index (κ3) is 4.29. The first kappa shape index (κ1) is 17.9. The van der Waals surface area contributed by atoms with Crippen molar-refractivity contribution in [3.8, 4) is 0 Å². The van der Waals surface area contributed by atoms with Gasteiger partial charge in [0.15, 0.2) is 0 Å². The third-order valence-corrected chi connectivity index (χ3v) is 5.76. The summed E-state index contributed by atoms with van der Waals surface area (Å²) in [6.07, 6.45) is 4.76. The van der Waals surface area contributed by atoms with Gasteiger partial charge in [-0.15, -0.1) is 0 Å². The number of allylic oxidation sites excluding steroid dienone is 3. The van der Waals surface area contributed by atoms with Gasteiger partial charge in [0.1, 0.15) is 5.25 Å². The van der Waals surface area contributed by atoms with Crippen LogP contribution in [0.2, 0.25) is 0 Å². The maximum absolute atomic E-state index is 11.6. The molecule has 2 N–H and O–H groups in total. The Morgan fingerprint density at radius 3 is 2.30 bits per heavy atom. The monoisotopic (exact) mass is 358 g/mol. The first-order valence-electron chi connectivity index (χ1n) is 6.89. The fourth-order valence-corrected chi connectivity index (χ4v) is 4.31. The van der Waals surface area contributed by atoms with Crippen molar-refractivity contribution < 1.29 is 25.9 Å². The SMILES string of the molecule is CC1=CC(S(=O)(=O)O)CC(c2ccc(C)cc2S(=O)(=O)O)C=C1. The minimum Gasteiger partial charge on any atom is -0.285 e. The van der Waals surface area contributed by atoms with E-state index in [9.17, 15) is 25.9 Å². The maximum atomic E-state index is 11.6. The van der Waals surface area contributed by atoms with Crippen LogP contribution in [0.1, 0.15) is 30.4 Å². The smallest absolute Gasteiger partial charge is 0.285 e. The third-order valence-electron chi connectivity index (χ3n) is 3.76. The van der Waals surface area contributed by atoms with Gasteiger partial charge in [-0.05, 0) is 37.5 Å².